The maximum atomic E-state index is 11.7. The van der Waals surface area contributed by atoms with Crippen LogP contribution in [0.4, 0.5) is 4.79 Å². The van der Waals surface area contributed by atoms with E-state index in [1.54, 1.807) is 39.8 Å². The van der Waals surface area contributed by atoms with E-state index < -0.39 is 17.8 Å². The summed E-state index contributed by atoms with van der Waals surface area (Å²) >= 11 is 0. The van der Waals surface area contributed by atoms with Crippen molar-refractivity contribution < 1.29 is 24.5 Å². The second kappa shape index (κ2) is 9.60. The molecule has 0 aromatic rings. The lowest BCUT2D eigenvalue weighted by molar-refractivity contribution is -0.130. The first kappa shape index (κ1) is 20.6. The Kier molecular flexibility index (Phi) is 9.00. The van der Waals surface area contributed by atoms with E-state index in [1.165, 1.54) is 4.90 Å². The number of likely N-dealkylation sites (N-methyl/N-ethyl adjacent to an activating group) is 1. The van der Waals surface area contributed by atoms with Gasteiger partial charge in [0.2, 0.25) is 5.91 Å². The van der Waals surface area contributed by atoms with Gasteiger partial charge < -0.3 is 25.2 Å². The van der Waals surface area contributed by atoms with Gasteiger partial charge in [0.1, 0.15) is 5.60 Å². The number of aliphatic hydroxyl groups excluding tert-OH is 2. The van der Waals surface area contributed by atoms with E-state index in [0.29, 0.717) is 6.54 Å². The molecule has 1 atom stereocenters. The van der Waals surface area contributed by atoms with E-state index in [4.69, 9.17) is 9.84 Å². The zero-order valence-electron chi connectivity index (χ0n) is 14.1. The van der Waals surface area contributed by atoms with Crippen LogP contribution in [0.2, 0.25) is 0 Å². The lowest BCUT2D eigenvalue weighted by Crippen LogP contribution is -2.45. The molecule has 0 radical (unpaired) electrons. The summed E-state index contributed by atoms with van der Waals surface area (Å²) in [6.07, 6.45) is -1.47. The third kappa shape index (κ3) is 10.4. The van der Waals surface area contributed by atoms with Gasteiger partial charge in [0, 0.05) is 33.7 Å². The quantitative estimate of drug-likeness (QED) is 0.544. The van der Waals surface area contributed by atoms with Crippen molar-refractivity contribution in [1.82, 2.24) is 15.1 Å². The fourth-order valence-corrected chi connectivity index (χ4v) is 1.55. The number of carbonyl (C=O) groups is 2. The number of alkyl carbamates (subject to hydrolysis) is 1. The minimum Gasteiger partial charge on any atom is -0.444 e. The topological polar surface area (TPSA) is 102 Å². The molecule has 0 bridgehead atoms. The van der Waals surface area contributed by atoms with Gasteiger partial charge in [0.05, 0.1) is 19.3 Å². The number of hydrogen-bond acceptors (Lipinski definition) is 6. The van der Waals surface area contributed by atoms with Crippen LogP contribution in [0.5, 0.6) is 0 Å². The predicted octanol–water partition coefficient (Wildman–Crippen LogP) is -0.745. The average Bonchev–Trinajstić information content (AvgIpc) is 2.35. The molecule has 0 aliphatic carbocycles. The molecule has 0 saturated heterocycles. The van der Waals surface area contributed by atoms with Crippen LogP contribution < -0.4 is 5.32 Å². The number of rotatable bonds is 8. The SMILES string of the molecule is CN(C)C(=O)CN(CCNC(=O)OC(C)(C)C)C[C@H](O)CO. The van der Waals surface area contributed by atoms with E-state index in [1.807, 2.05) is 0 Å². The fourth-order valence-electron chi connectivity index (χ4n) is 1.55. The molecule has 0 rings (SSSR count). The molecule has 0 saturated carbocycles. The van der Waals surface area contributed by atoms with Crippen molar-refractivity contribution in [3.8, 4) is 0 Å². The highest BCUT2D eigenvalue weighted by Gasteiger charge is 2.18. The van der Waals surface area contributed by atoms with Crippen molar-refractivity contribution in [2.75, 3.05) is 46.9 Å². The van der Waals surface area contributed by atoms with Crippen LogP contribution in [-0.2, 0) is 9.53 Å². The Bertz CT molecular complexity index is 355. The summed E-state index contributed by atoms with van der Waals surface area (Å²) in [4.78, 5) is 26.4. The summed E-state index contributed by atoms with van der Waals surface area (Å²) in [5.41, 5.74) is -0.572. The third-order valence-electron chi connectivity index (χ3n) is 2.63. The Morgan fingerprint density at radius 2 is 1.86 bits per heavy atom. The van der Waals surface area contributed by atoms with Gasteiger partial charge in [-0.2, -0.15) is 0 Å². The molecule has 8 nitrogen and oxygen atoms in total. The summed E-state index contributed by atoms with van der Waals surface area (Å²) in [5.74, 6) is -0.123. The molecule has 0 aromatic heterocycles. The van der Waals surface area contributed by atoms with Gasteiger partial charge in [-0.05, 0) is 20.8 Å². The van der Waals surface area contributed by atoms with Crippen molar-refractivity contribution in [3.63, 3.8) is 0 Å². The van der Waals surface area contributed by atoms with Gasteiger partial charge >= 0.3 is 6.09 Å². The third-order valence-corrected chi connectivity index (χ3v) is 2.63. The second-order valence-corrected chi connectivity index (χ2v) is 6.29. The van der Waals surface area contributed by atoms with E-state index in [9.17, 15) is 14.7 Å². The van der Waals surface area contributed by atoms with Crippen LogP contribution in [-0.4, -0.2) is 90.6 Å². The number of carbonyl (C=O) groups excluding carboxylic acids is 2. The van der Waals surface area contributed by atoms with Gasteiger partial charge in [-0.15, -0.1) is 0 Å². The molecule has 2 amide bonds. The largest absolute Gasteiger partial charge is 0.444 e. The zero-order chi connectivity index (χ0) is 17.3. The molecule has 3 N–H and O–H groups in total. The van der Waals surface area contributed by atoms with Crippen molar-refractivity contribution in [3.05, 3.63) is 0 Å². The Balaban J connectivity index is 4.34. The smallest absolute Gasteiger partial charge is 0.407 e. The van der Waals surface area contributed by atoms with Crippen molar-refractivity contribution in [2.45, 2.75) is 32.5 Å². The number of aliphatic hydroxyl groups is 2. The van der Waals surface area contributed by atoms with Gasteiger partial charge in [-0.25, -0.2) is 4.79 Å². The van der Waals surface area contributed by atoms with E-state index in [2.05, 4.69) is 5.32 Å². The van der Waals surface area contributed by atoms with E-state index >= 15 is 0 Å². The van der Waals surface area contributed by atoms with Gasteiger partial charge in [-0.1, -0.05) is 0 Å². The summed E-state index contributed by atoms with van der Waals surface area (Å²) in [7, 11) is 3.28. The number of hydrogen-bond donors (Lipinski definition) is 3. The summed E-state index contributed by atoms with van der Waals surface area (Å²) in [5, 5.41) is 21.0. The van der Waals surface area contributed by atoms with Gasteiger partial charge in [0.25, 0.3) is 0 Å². The normalized spacial score (nSPS) is 12.9. The van der Waals surface area contributed by atoms with Gasteiger partial charge in [0.15, 0.2) is 0 Å². The lowest BCUT2D eigenvalue weighted by Gasteiger charge is -2.25. The molecule has 0 fully saturated rings. The highest BCUT2D eigenvalue weighted by Crippen LogP contribution is 2.06. The highest BCUT2D eigenvalue weighted by atomic mass is 16.6. The maximum Gasteiger partial charge on any atom is 0.407 e. The van der Waals surface area contributed by atoms with Crippen LogP contribution in [0.1, 0.15) is 20.8 Å². The Labute approximate surface area is 132 Å². The van der Waals surface area contributed by atoms with Gasteiger partial charge in [-0.3, -0.25) is 9.69 Å². The summed E-state index contributed by atoms with van der Waals surface area (Å²) in [6.45, 7) is 5.80. The van der Waals surface area contributed by atoms with Crippen LogP contribution in [0.15, 0.2) is 0 Å². The van der Waals surface area contributed by atoms with Crippen LogP contribution in [0.25, 0.3) is 0 Å². The Morgan fingerprint density at radius 3 is 2.32 bits per heavy atom. The highest BCUT2D eigenvalue weighted by molar-refractivity contribution is 5.77. The first-order chi connectivity index (χ1) is 10.0. The molecular formula is C14H29N3O5. The molecule has 0 aromatic carbocycles. The molecule has 130 valence electrons. The molecule has 0 heterocycles. The first-order valence-electron chi connectivity index (χ1n) is 7.23. The molecule has 0 unspecified atom stereocenters. The van der Waals surface area contributed by atoms with E-state index in [-0.39, 0.29) is 32.1 Å². The number of nitrogens with one attached hydrogen (secondary N) is 1. The minimum atomic E-state index is -0.934. The fraction of sp³-hybridized carbons (Fsp3) is 0.857. The standard InChI is InChI=1S/C14H29N3O5/c1-14(2,3)22-13(21)15-6-7-17(8-11(19)10-18)9-12(20)16(4)5/h11,18-19H,6-10H2,1-5H3,(H,15,21)/t11-/m0/s1. The van der Waals surface area contributed by atoms with Crippen molar-refractivity contribution in [2.24, 2.45) is 0 Å². The van der Waals surface area contributed by atoms with Crippen LogP contribution >= 0.6 is 0 Å². The first-order valence-corrected chi connectivity index (χ1v) is 7.23. The number of amides is 2. The molecule has 0 aliphatic heterocycles. The lowest BCUT2D eigenvalue weighted by atomic mass is 10.2. The van der Waals surface area contributed by atoms with Crippen molar-refractivity contribution >= 4 is 12.0 Å². The molecule has 22 heavy (non-hydrogen) atoms. The molecular weight excluding hydrogens is 290 g/mol. The monoisotopic (exact) mass is 319 g/mol. The maximum absolute atomic E-state index is 11.7. The van der Waals surface area contributed by atoms with Crippen LogP contribution in [0.3, 0.4) is 0 Å². The van der Waals surface area contributed by atoms with E-state index in [0.717, 1.165) is 0 Å². The van der Waals surface area contributed by atoms with Crippen LogP contribution in [0, 0.1) is 0 Å². The Morgan fingerprint density at radius 1 is 1.27 bits per heavy atom. The predicted molar refractivity (Wildman–Crippen MR) is 82.5 cm³/mol. The molecule has 8 heteroatoms. The molecule has 0 spiro atoms. The zero-order valence-corrected chi connectivity index (χ0v) is 14.1. The summed E-state index contributed by atoms with van der Waals surface area (Å²) in [6, 6.07) is 0. The van der Waals surface area contributed by atoms with Crippen molar-refractivity contribution in [1.29, 1.82) is 0 Å². The minimum absolute atomic E-state index is 0.0973. The Hall–Kier alpha value is -1.38. The number of nitrogens with zero attached hydrogens (tertiary/aromatic N) is 2. The average molecular weight is 319 g/mol. The number of ether oxygens (including phenoxy) is 1. The summed E-state index contributed by atoms with van der Waals surface area (Å²) < 4.78 is 5.11. The molecule has 0 aliphatic rings. The second-order valence-electron chi connectivity index (χ2n) is 6.29.